The number of carbonyl (C=O) groups excluding carboxylic acids is 1. The van der Waals surface area contributed by atoms with Crippen LogP contribution in [0.1, 0.15) is 64.2 Å². The molecule has 0 aromatic heterocycles. The van der Waals surface area contributed by atoms with Crippen LogP contribution in [0.2, 0.25) is 0 Å². The van der Waals surface area contributed by atoms with E-state index in [1.807, 2.05) is 11.8 Å². The molecule has 4 aliphatic carbocycles. The Morgan fingerprint density at radius 2 is 1.41 bits per heavy atom. The van der Waals surface area contributed by atoms with Gasteiger partial charge in [-0.05, 0) is 88.2 Å². The molecule has 0 aromatic rings. The first-order valence-electron chi connectivity index (χ1n) is 9.52. The number of amides is 1. The van der Waals surface area contributed by atoms with Gasteiger partial charge in [0.15, 0.2) is 0 Å². The summed E-state index contributed by atoms with van der Waals surface area (Å²) in [5.41, 5.74) is 0.0851. The van der Waals surface area contributed by atoms with Crippen molar-refractivity contribution in [1.29, 1.82) is 0 Å². The molecule has 2 aliphatic heterocycles. The maximum absolute atomic E-state index is 13.6. The van der Waals surface area contributed by atoms with Gasteiger partial charge in [0.2, 0.25) is 5.91 Å². The molecule has 122 valence electrons. The lowest BCUT2D eigenvalue weighted by atomic mass is 9.49. The van der Waals surface area contributed by atoms with Crippen LogP contribution in [0.5, 0.6) is 0 Å². The van der Waals surface area contributed by atoms with Gasteiger partial charge in [-0.1, -0.05) is 0 Å². The van der Waals surface area contributed by atoms with E-state index in [9.17, 15) is 4.79 Å². The fourth-order valence-electron chi connectivity index (χ4n) is 7.30. The highest BCUT2D eigenvalue weighted by atomic mass is 32.2. The molecule has 6 rings (SSSR count). The Hall–Kier alpha value is -0.180. The zero-order valence-electron chi connectivity index (χ0n) is 13.8. The Kier molecular flexibility index (Phi) is 3.17. The summed E-state index contributed by atoms with van der Waals surface area (Å²) in [5, 5.41) is 0.804. The maximum Gasteiger partial charge on any atom is 0.229 e. The summed E-state index contributed by atoms with van der Waals surface area (Å²) in [6.07, 6.45) is 15.3. The fourth-order valence-corrected chi connectivity index (χ4v) is 8.13. The fraction of sp³-hybridized carbons (Fsp3) is 0.947. The Morgan fingerprint density at radius 3 is 1.86 bits per heavy atom. The van der Waals surface area contributed by atoms with Gasteiger partial charge in [0.1, 0.15) is 0 Å². The average Bonchev–Trinajstić information content (AvgIpc) is 2.74. The van der Waals surface area contributed by atoms with Gasteiger partial charge in [0, 0.05) is 17.3 Å². The van der Waals surface area contributed by atoms with Crippen LogP contribution >= 0.6 is 11.8 Å². The van der Waals surface area contributed by atoms with Gasteiger partial charge in [-0.3, -0.25) is 4.79 Å². The average molecular weight is 320 g/mol. The minimum Gasteiger partial charge on any atom is -0.336 e. The number of hydrogen-bond donors (Lipinski definition) is 0. The van der Waals surface area contributed by atoms with Crippen molar-refractivity contribution in [3.8, 4) is 0 Å². The van der Waals surface area contributed by atoms with Gasteiger partial charge < -0.3 is 4.90 Å². The van der Waals surface area contributed by atoms with Crippen LogP contribution in [0.25, 0.3) is 0 Å². The summed E-state index contributed by atoms with van der Waals surface area (Å²) in [6, 6.07) is 1.16. The summed E-state index contributed by atoms with van der Waals surface area (Å²) < 4.78 is 0. The molecular weight excluding hydrogens is 290 g/mol. The molecule has 6 aliphatic rings. The lowest BCUT2D eigenvalue weighted by Gasteiger charge is -2.57. The first kappa shape index (κ1) is 14.2. The standard InChI is InChI=1S/C19H29NOS/c1-22-17-7-15-2-3-16(8-17)20(15)18(21)19-9-12-4-13(10-19)6-14(5-12)11-19/h12-17H,2-11H2,1H3. The minimum atomic E-state index is 0.0851. The second-order valence-corrected chi connectivity index (χ2v) is 10.3. The number of fused-ring (bicyclic) bond motifs is 2. The van der Waals surface area contributed by atoms with E-state index >= 15 is 0 Å². The quantitative estimate of drug-likeness (QED) is 0.764. The maximum atomic E-state index is 13.6. The highest BCUT2D eigenvalue weighted by Crippen LogP contribution is 2.61. The molecule has 2 atom stereocenters. The minimum absolute atomic E-state index is 0.0851. The van der Waals surface area contributed by atoms with Crippen LogP contribution in [0.3, 0.4) is 0 Å². The molecule has 2 unspecified atom stereocenters. The number of carbonyl (C=O) groups is 1. The van der Waals surface area contributed by atoms with Crippen LogP contribution in [0, 0.1) is 23.2 Å². The first-order chi connectivity index (χ1) is 10.7. The van der Waals surface area contributed by atoms with Crippen molar-refractivity contribution in [2.45, 2.75) is 81.5 Å². The van der Waals surface area contributed by atoms with E-state index in [1.165, 1.54) is 64.2 Å². The number of rotatable bonds is 2. The molecular formula is C19H29NOS. The van der Waals surface area contributed by atoms with Crippen molar-refractivity contribution in [3.63, 3.8) is 0 Å². The number of hydrogen-bond acceptors (Lipinski definition) is 2. The summed E-state index contributed by atoms with van der Waals surface area (Å²) in [7, 11) is 0. The molecule has 2 saturated heterocycles. The lowest BCUT2D eigenvalue weighted by Crippen LogP contribution is -2.58. The number of nitrogens with zero attached hydrogens (tertiary/aromatic N) is 1. The lowest BCUT2D eigenvalue weighted by molar-refractivity contribution is -0.162. The summed E-state index contributed by atoms with van der Waals surface area (Å²) >= 11 is 2.03. The summed E-state index contributed by atoms with van der Waals surface area (Å²) in [6.45, 7) is 0. The van der Waals surface area contributed by atoms with Gasteiger partial charge in [-0.25, -0.2) is 0 Å². The van der Waals surface area contributed by atoms with Crippen LogP contribution in [0.4, 0.5) is 0 Å². The normalized spacial score (nSPS) is 52.3. The second-order valence-electron chi connectivity index (χ2n) is 9.12. The summed E-state index contributed by atoms with van der Waals surface area (Å²) in [4.78, 5) is 16.1. The highest BCUT2D eigenvalue weighted by molar-refractivity contribution is 7.99. The van der Waals surface area contributed by atoms with Crippen LogP contribution < -0.4 is 0 Å². The highest BCUT2D eigenvalue weighted by Gasteiger charge is 2.58. The molecule has 0 radical (unpaired) electrons. The Balaban J connectivity index is 1.41. The van der Waals surface area contributed by atoms with Crippen LogP contribution in [0.15, 0.2) is 0 Å². The predicted octanol–water partition coefficient (Wildman–Crippen LogP) is 4.09. The number of piperidine rings is 1. The van der Waals surface area contributed by atoms with Crippen molar-refractivity contribution in [2.75, 3.05) is 6.26 Å². The molecule has 6 bridgehead atoms. The van der Waals surface area contributed by atoms with Crippen molar-refractivity contribution >= 4 is 17.7 Å². The van der Waals surface area contributed by atoms with Crippen molar-refractivity contribution in [2.24, 2.45) is 23.2 Å². The first-order valence-corrected chi connectivity index (χ1v) is 10.8. The largest absolute Gasteiger partial charge is 0.336 e. The summed E-state index contributed by atoms with van der Waals surface area (Å²) in [5.74, 6) is 3.27. The Bertz CT molecular complexity index is 441. The molecule has 0 aromatic carbocycles. The third-order valence-corrected chi connectivity index (χ3v) is 8.80. The molecule has 2 heterocycles. The topological polar surface area (TPSA) is 20.3 Å². The number of thioether (sulfide) groups is 1. The zero-order chi connectivity index (χ0) is 14.9. The van der Waals surface area contributed by atoms with E-state index in [2.05, 4.69) is 11.2 Å². The monoisotopic (exact) mass is 319 g/mol. The third-order valence-electron chi connectivity index (χ3n) is 7.75. The van der Waals surface area contributed by atoms with Gasteiger partial charge in [0.05, 0.1) is 5.41 Å². The third kappa shape index (κ3) is 1.96. The smallest absolute Gasteiger partial charge is 0.229 e. The van der Waals surface area contributed by atoms with E-state index < -0.39 is 0 Å². The predicted molar refractivity (Wildman–Crippen MR) is 90.8 cm³/mol. The van der Waals surface area contributed by atoms with Gasteiger partial charge in [-0.2, -0.15) is 11.8 Å². The zero-order valence-corrected chi connectivity index (χ0v) is 14.6. The van der Waals surface area contributed by atoms with Crippen LogP contribution in [-0.4, -0.2) is 34.4 Å². The SMILES string of the molecule is CSC1CC2CCC(C1)N2C(=O)C12CC3CC(CC(C3)C1)C2. The van der Waals surface area contributed by atoms with E-state index in [1.54, 1.807) is 0 Å². The molecule has 4 saturated carbocycles. The Labute approximate surface area is 138 Å². The molecule has 2 nitrogen and oxygen atoms in total. The van der Waals surface area contributed by atoms with Gasteiger partial charge in [-0.15, -0.1) is 0 Å². The van der Waals surface area contributed by atoms with Crippen molar-refractivity contribution in [1.82, 2.24) is 4.90 Å². The van der Waals surface area contributed by atoms with Crippen LogP contribution in [-0.2, 0) is 4.79 Å². The molecule has 0 N–H and O–H groups in total. The van der Waals surface area contributed by atoms with E-state index in [4.69, 9.17) is 0 Å². The second kappa shape index (κ2) is 4.91. The molecule has 1 amide bonds. The van der Waals surface area contributed by atoms with Crippen molar-refractivity contribution in [3.05, 3.63) is 0 Å². The Morgan fingerprint density at radius 1 is 0.909 bits per heavy atom. The van der Waals surface area contributed by atoms with E-state index in [-0.39, 0.29) is 5.41 Å². The van der Waals surface area contributed by atoms with Gasteiger partial charge >= 0.3 is 0 Å². The molecule has 3 heteroatoms. The van der Waals surface area contributed by atoms with E-state index in [0.717, 1.165) is 23.0 Å². The van der Waals surface area contributed by atoms with E-state index in [0.29, 0.717) is 18.0 Å². The molecule has 0 spiro atoms. The van der Waals surface area contributed by atoms with Gasteiger partial charge in [0.25, 0.3) is 0 Å². The molecule has 6 fully saturated rings. The van der Waals surface area contributed by atoms with Crippen molar-refractivity contribution < 1.29 is 4.79 Å². The molecule has 22 heavy (non-hydrogen) atoms.